The number of halogens is 1. The van der Waals surface area contributed by atoms with Gasteiger partial charge in [-0.2, -0.15) is 0 Å². The summed E-state index contributed by atoms with van der Waals surface area (Å²) in [6.45, 7) is 3.61. The van der Waals surface area contributed by atoms with Crippen LogP contribution in [-0.4, -0.2) is 9.55 Å². The van der Waals surface area contributed by atoms with Gasteiger partial charge in [0.05, 0.1) is 17.6 Å². The van der Waals surface area contributed by atoms with Crippen molar-refractivity contribution in [3.05, 3.63) is 101 Å². The number of para-hydroxylation sites is 2. The van der Waals surface area contributed by atoms with Gasteiger partial charge < -0.3 is 9.88 Å². The molecule has 1 N–H and O–H groups in total. The van der Waals surface area contributed by atoms with Crippen LogP contribution in [0.3, 0.4) is 0 Å². The summed E-state index contributed by atoms with van der Waals surface area (Å²) in [4.78, 5) is 4.86. The maximum Gasteiger partial charge on any atom is 0.124 e. The van der Waals surface area contributed by atoms with Crippen LogP contribution in [0.25, 0.3) is 11.0 Å². The highest BCUT2D eigenvalue weighted by Gasteiger charge is 2.13. The summed E-state index contributed by atoms with van der Waals surface area (Å²) in [5.41, 5.74) is 4.55. The maximum atomic E-state index is 6.34. The molecule has 0 saturated heterocycles. The molecule has 0 spiro atoms. The van der Waals surface area contributed by atoms with Crippen LogP contribution >= 0.6 is 11.6 Å². The Labute approximate surface area is 164 Å². The first-order chi connectivity index (χ1) is 13.2. The lowest BCUT2D eigenvalue weighted by Gasteiger charge is -2.16. The van der Waals surface area contributed by atoms with E-state index >= 15 is 0 Å². The lowest BCUT2D eigenvalue weighted by atomic mass is 10.1. The van der Waals surface area contributed by atoms with Gasteiger partial charge in [-0.3, -0.25) is 0 Å². The van der Waals surface area contributed by atoms with E-state index in [0.29, 0.717) is 6.54 Å². The summed E-state index contributed by atoms with van der Waals surface area (Å²) in [6.07, 6.45) is 0. The van der Waals surface area contributed by atoms with E-state index in [1.54, 1.807) is 0 Å². The summed E-state index contributed by atoms with van der Waals surface area (Å²) < 4.78 is 2.29. The molecule has 0 radical (unpaired) electrons. The minimum atomic E-state index is 0.142. The highest BCUT2D eigenvalue weighted by Crippen LogP contribution is 2.23. The lowest BCUT2D eigenvalue weighted by Crippen LogP contribution is -2.21. The average molecular weight is 376 g/mol. The number of hydrogen-bond acceptors (Lipinski definition) is 2. The smallest absolute Gasteiger partial charge is 0.124 e. The summed E-state index contributed by atoms with van der Waals surface area (Å²) in [7, 11) is 0. The van der Waals surface area contributed by atoms with E-state index in [1.807, 2.05) is 30.3 Å². The molecule has 1 atom stereocenters. The van der Waals surface area contributed by atoms with Gasteiger partial charge >= 0.3 is 0 Å². The highest BCUT2D eigenvalue weighted by molar-refractivity contribution is 6.31. The second-order valence-corrected chi connectivity index (χ2v) is 7.12. The molecule has 0 aliphatic rings. The number of fused-ring (bicyclic) bond motifs is 1. The Morgan fingerprint density at radius 3 is 2.44 bits per heavy atom. The van der Waals surface area contributed by atoms with E-state index in [1.165, 1.54) is 5.56 Å². The average Bonchev–Trinajstić information content (AvgIpc) is 3.05. The fraction of sp³-hybridized carbons (Fsp3) is 0.174. The topological polar surface area (TPSA) is 29.9 Å². The quantitative estimate of drug-likeness (QED) is 0.476. The zero-order valence-corrected chi connectivity index (χ0v) is 16.0. The summed E-state index contributed by atoms with van der Waals surface area (Å²) in [6, 6.07) is 26.9. The SMILES string of the molecule is CC(NCc1nc2ccccc2n1Cc1ccccc1)c1ccccc1Cl. The van der Waals surface area contributed by atoms with E-state index in [4.69, 9.17) is 16.6 Å². The maximum absolute atomic E-state index is 6.34. The fourth-order valence-electron chi connectivity index (χ4n) is 3.38. The van der Waals surface area contributed by atoms with Crippen molar-refractivity contribution in [3.8, 4) is 0 Å². The highest BCUT2D eigenvalue weighted by atomic mass is 35.5. The zero-order chi connectivity index (χ0) is 18.6. The van der Waals surface area contributed by atoms with Crippen LogP contribution < -0.4 is 5.32 Å². The molecule has 136 valence electrons. The standard InChI is InChI=1S/C23H22ClN3/c1-17(19-11-5-6-12-20(19)24)25-15-23-26-21-13-7-8-14-22(21)27(23)16-18-9-3-2-4-10-18/h2-14,17,25H,15-16H2,1H3. The molecule has 1 heterocycles. The Bertz CT molecular complexity index is 1040. The Hall–Kier alpha value is -2.62. The molecule has 27 heavy (non-hydrogen) atoms. The van der Waals surface area contributed by atoms with Crippen molar-refractivity contribution in [2.45, 2.75) is 26.1 Å². The normalized spacial score (nSPS) is 12.4. The summed E-state index contributed by atoms with van der Waals surface area (Å²) in [5, 5.41) is 4.36. The van der Waals surface area contributed by atoms with Gasteiger partial charge in [0.2, 0.25) is 0 Å². The van der Waals surface area contributed by atoms with Crippen molar-refractivity contribution >= 4 is 22.6 Å². The van der Waals surface area contributed by atoms with Crippen molar-refractivity contribution in [2.75, 3.05) is 0 Å². The summed E-state index contributed by atoms with van der Waals surface area (Å²) in [5.74, 6) is 1.03. The molecule has 4 heteroatoms. The van der Waals surface area contributed by atoms with Crippen LogP contribution in [0, 0.1) is 0 Å². The van der Waals surface area contributed by atoms with Crippen molar-refractivity contribution in [2.24, 2.45) is 0 Å². The molecular weight excluding hydrogens is 354 g/mol. The molecule has 3 nitrogen and oxygen atoms in total. The number of nitrogens with zero attached hydrogens (tertiary/aromatic N) is 2. The van der Waals surface area contributed by atoms with E-state index < -0.39 is 0 Å². The second kappa shape index (κ2) is 7.95. The van der Waals surface area contributed by atoms with Crippen molar-refractivity contribution < 1.29 is 0 Å². The van der Waals surface area contributed by atoms with Crippen LogP contribution in [0.2, 0.25) is 5.02 Å². The Balaban J connectivity index is 1.61. The number of nitrogens with one attached hydrogen (secondary N) is 1. The minimum absolute atomic E-state index is 0.142. The first kappa shape index (κ1) is 17.8. The van der Waals surface area contributed by atoms with Crippen LogP contribution in [-0.2, 0) is 13.1 Å². The molecular formula is C23H22ClN3. The van der Waals surface area contributed by atoms with Gasteiger partial charge in [0, 0.05) is 17.6 Å². The zero-order valence-electron chi connectivity index (χ0n) is 15.3. The number of aromatic nitrogens is 2. The molecule has 0 aliphatic heterocycles. The van der Waals surface area contributed by atoms with Crippen LogP contribution in [0.15, 0.2) is 78.9 Å². The molecule has 0 saturated carbocycles. The molecule has 0 aliphatic carbocycles. The van der Waals surface area contributed by atoms with Gasteiger partial charge in [-0.1, -0.05) is 72.3 Å². The predicted molar refractivity (Wildman–Crippen MR) is 112 cm³/mol. The van der Waals surface area contributed by atoms with Crippen LogP contribution in [0.1, 0.15) is 29.9 Å². The second-order valence-electron chi connectivity index (χ2n) is 6.71. The van der Waals surface area contributed by atoms with Crippen molar-refractivity contribution in [1.29, 1.82) is 0 Å². The third-order valence-electron chi connectivity index (χ3n) is 4.86. The molecule has 4 aromatic rings. The van der Waals surface area contributed by atoms with Gasteiger partial charge in [0.1, 0.15) is 5.82 Å². The Morgan fingerprint density at radius 1 is 0.926 bits per heavy atom. The molecule has 0 bridgehead atoms. The van der Waals surface area contributed by atoms with Crippen LogP contribution in [0.5, 0.6) is 0 Å². The number of imidazole rings is 1. The largest absolute Gasteiger partial charge is 0.322 e. The van der Waals surface area contributed by atoms with Crippen molar-refractivity contribution in [1.82, 2.24) is 14.9 Å². The monoisotopic (exact) mass is 375 g/mol. The molecule has 0 fully saturated rings. The molecule has 0 amide bonds. The number of hydrogen-bond donors (Lipinski definition) is 1. The fourth-order valence-corrected chi connectivity index (χ4v) is 3.68. The van der Waals surface area contributed by atoms with Crippen LogP contribution in [0.4, 0.5) is 0 Å². The van der Waals surface area contributed by atoms with Gasteiger partial charge in [-0.25, -0.2) is 4.98 Å². The third-order valence-corrected chi connectivity index (χ3v) is 5.20. The van der Waals surface area contributed by atoms with Gasteiger partial charge in [0.15, 0.2) is 0 Å². The van der Waals surface area contributed by atoms with Crippen molar-refractivity contribution in [3.63, 3.8) is 0 Å². The molecule has 4 rings (SSSR count). The van der Waals surface area contributed by atoms with E-state index in [9.17, 15) is 0 Å². The van der Waals surface area contributed by atoms with E-state index in [-0.39, 0.29) is 6.04 Å². The first-order valence-electron chi connectivity index (χ1n) is 9.18. The first-order valence-corrected chi connectivity index (χ1v) is 9.56. The van der Waals surface area contributed by atoms with Gasteiger partial charge in [-0.15, -0.1) is 0 Å². The summed E-state index contributed by atoms with van der Waals surface area (Å²) >= 11 is 6.34. The lowest BCUT2D eigenvalue weighted by molar-refractivity contribution is 0.546. The van der Waals surface area contributed by atoms with Gasteiger partial charge in [-0.05, 0) is 36.2 Å². The van der Waals surface area contributed by atoms with Gasteiger partial charge in [0.25, 0.3) is 0 Å². The number of rotatable bonds is 6. The number of benzene rings is 3. The Morgan fingerprint density at radius 2 is 1.63 bits per heavy atom. The third kappa shape index (κ3) is 3.90. The van der Waals surface area contributed by atoms with E-state index in [2.05, 4.69) is 65.3 Å². The Kier molecular flexibility index (Phi) is 5.23. The predicted octanol–water partition coefficient (Wildman–Crippen LogP) is 5.59. The minimum Gasteiger partial charge on any atom is -0.322 e. The molecule has 1 aromatic heterocycles. The molecule has 3 aromatic carbocycles. The van der Waals surface area contributed by atoms with E-state index in [0.717, 1.165) is 34.0 Å². The molecule has 1 unspecified atom stereocenters.